The van der Waals surface area contributed by atoms with Gasteiger partial charge in [-0.05, 0) is 29.8 Å². The second kappa shape index (κ2) is 5.49. The smallest absolute Gasteiger partial charge is 0.251 e. The Bertz CT molecular complexity index is 860. The van der Waals surface area contributed by atoms with E-state index in [1.165, 1.54) is 7.11 Å². The predicted molar refractivity (Wildman–Crippen MR) is 91.1 cm³/mol. The lowest BCUT2D eigenvalue weighted by molar-refractivity contribution is -0.116. The second-order valence-electron chi connectivity index (χ2n) is 5.75. The Morgan fingerprint density at radius 2 is 1.96 bits per heavy atom. The Labute approximate surface area is 139 Å². The van der Waals surface area contributed by atoms with Crippen LogP contribution in [0.15, 0.2) is 53.7 Å². The fraction of sp³-hybridized carbons (Fsp3) is 0.167. The molecule has 0 spiro atoms. The van der Waals surface area contributed by atoms with Gasteiger partial charge in [-0.15, -0.1) is 0 Å². The van der Waals surface area contributed by atoms with E-state index in [9.17, 15) is 9.90 Å². The number of nitrogens with one attached hydrogen (secondary N) is 3. The predicted octanol–water partition coefficient (Wildman–Crippen LogP) is 2.36. The van der Waals surface area contributed by atoms with Crippen LogP contribution in [0.3, 0.4) is 0 Å². The molecule has 0 aliphatic carbocycles. The van der Waals surface area contributed by atoms with Crippen molar-refractivity contribution in [1.29, 1.82) is 0 Å². The molecule has 2 aromatic carbocycles. The highest BCUT2D eigenvalue weighted by molar-refractivity contribution is 6.00. The average Bonchev–Trinajstić information content (AvgIpc) is 2.86. The number of hydrogen-bond donors (Lipinski definition) is 4. The largest absolute Gasteiger partial charge is 0.504 e. The highest BCUT2D eigenvalue weighted by Crippen LogP contribution is 2.39. The lowest BCUT2D eigenvalue weighted by atomic mass is 9.97. The summed E-state index contributed by atoms with van der Waals surface area (Å²) in [5.41, 5.74) is 4.19. The van der Waals surface area contributed by atoms with Crippen LogP contribution in [-0.2, 0) is 4.79 Å². The van der Waals surface area contributed by atoms with E-state index in [1.807, 2.05) is 24.3 Å². The van der Waals surface area contributed by atoms with Gasteiger partial charge in [0.05, 0.1) is 36.6 Å². The minimum Gasteiger partial charge on any atom is -0.504 e. The maximum Gasteiger partial charge on any atom is 0.251 e. The standard InChI is InChI=1S/C18H17N3O3/c1-24-15-8-10(6-7-14(15)22)17-16-13(9-19-18(16)23)20-11-4-2-3-5-12(11)21-17/h2-8,17,20-22H,9H2,1H3,(H,19,23)/t17-/m1/s1. The number of carbonyl (C=O) groups excluding carboxylic acids is 1. The Kier molecular flexibility index (Phi) is 3.30. The zero-order valence-corrected chi connectivity index (χ0v) is 13.1. The molecule has 2 aliphatic rings. The van der Waals surface area contributed by atoms with Gasteiger partial charge in [0, 0.05) is 5.70 Å². The first kappa shape index (κ1) is 14.4. The van der Waals surface area contributed by atoms with Crippen molar-refractivity contribution in [2.75, 3.05) is 24.3 Å². The molecule has 1 amide bonds. The van der Waals surface area contributed by atoms with Crippen molar-refractivity contribution in [3.63, 3.8) is 0 Å². The number of rotatable bonds is 2. The van der Waals surface area contributed by atoms with Crippen LogP contribution in [-0.4, -0.2) is 24.7 Å². The fourth-order valence-corrected chi connectivity index (χ4v) is 3.15. The minimum absolute atomic E-state index is 0.0680. The second-order valence-corrected chi connectivity index (χ2v) is 5.75. The lowest BCUT2D eigenvalue weighted by Crippen LogP contribution is -2.24. The molecule has 0 radical (unpaired) electrons. The highest BCUT2D eigenvalue weighted by atomic mass is 16.5. The van der Waals surface area contributed by atoms with Crippen LogP contribution in [0.25, 0.3) is 0 Å². The van der Waals surface area contributed by atoms with Crippen molar-refractivity contribution in [2.24, 2.45) is 0 Å². The third-order valence-corrected chi connectivity index (χ3v) is 4.33. The molecule has 4 N–H and O–H groups in total. The van der Waals surface area contributed by atoms with E-state index in [1.54, 1.807) is 18.2 Å². The summed E-state index contributed by atoms with van der Waals surface area (Å²) in [5, 5.41) is 19.5. The van der Waals surface area contributed by atoms with Crippen molar-refractivity contribution in [1.82, 2.24) is 5.32 Å². The van der Waals surface area contributed by atoms with Crippen molar-refractivity contribution in [3.8, 4) is 11.5 Å². The van der Waals surface area contributed by atoms with Crippen LogP contribution in [0.2, 0.25) is 0 Å². The molecular weight excluding hydrogens is 306 g/mol. The Balaban J connectivity index is 1.85. The molecule has 0 aromatic heterocycles. The number of methoxy groups -OCH3 is 1. The van der Waals surface area contributed by atoms with Crippen LogP contribution in [0, 0.1) is 0 Å². The number of para-hydroxylation sites is 2. The molecule has 0 saturated heterocycles. The molecule has 0 fully saturated rings. The van der Waals surface area contributed by atoms with E-state index >= 15 is 0 Å². The van der Waals surface area contributed by atoms with Gasteiger partial charge < -0.3 is 25.8 Å². The van der Waals surface area contributed by atoms with E-state index in [0.717, 1.165) is 22.6 Å². The SMILES string of the molecule is COc1cc([C@H]2Nc3ccccc3NC3=C2C(=O)NC3)ccc1O. The Morgan fingerprint density at radius 3 is 2.75 bits per heavy atom. The summed E-state index contributed by atoms with van der Waals surface area (Å²) in [4.78, 5) is 12.4. The van der Waals surface area contributed by atoms with Crippen molar-refractivity contribution >= 4 is 17.3 Å². The molecule has 4 rings (SSSR count). The highest BCUT2D eigenvalue weighted by Gasteiger charge is 2.34. The van der Waals surface area contributed by atoms with Gasteiger partial charge in [0.1, 0.15) is 0 Å². The van der Waals surface area contributed by atoms with Gasteiger partial charge in [0.15, 0.2) is 11.5 Å². The molecule has 2 aromatic rings. The van der Waals surface area contributed by atoms with Crippen LogP contribution in [0.5, 0.6) is 11.5 Å². The van der Waals surface area contributed by atoms with E-state index < -0.39 is 0 Å². The number of hydrogen-bond acceptors (Lipinski definition) is 5. The zero-order valence-electron chi connectivity index (χ0n) is 13.1. The number of phenolic OH excluding ortho intramolecular Hbond substituents is 1. The van der Waals surface area contributed by atoms with Gasteiger partial charge in [-0.2, -0.15) is 0 Å². The van der Waals surface area contributed by atoms with Crippen molar-refractivity contribution in [3.05, 3.63) is 59.3 Å². The normalized spacial score (nSPS) is 18.7. The summed E-state index contributed by atoms with van der Waals surface area (Å²) in [7, 11) is 1.50. The number of benzene rings is 2. The van der Waals surface area contributed by atoms with Gasteiger partial charge in [-0.3, -0.25) is 4.79 Å². The molecular formula is C18H17N3O3. The molecule has 2 aliphatic heterocycles. The van der Waals surface area contributed by atoms with E-state index in [-0.39, 0.29) is 17.7 Å². The van der Waals surface area contributed by atoms with Crippen molar-refractivity contribution in [2.45, 2.75) is 6.04 Å². The van der Waals surface area contributed by atoms with Crippen LogP contribution in [0.1, 0.15) is 11.6 Å². The summed E-state index contributed by atoms with van der Waals surface area (Å²) in [6.07, 6.45) is 0. The first-order chi connectivity index (χ1) is 11.7. The molecule has 2 heterocycles. The quantitative estimate of drug-likeness (QED) is 0.682. The summed E-state index contributed by atoms with van der Waals surface area (Å²) >= 11 is 0. The van der Waals surface area contributed by atoms with Crippen LogP contribution < -0.4 is 20.7 Å². The van der Waals surface area contributed by atoms with Gasteiger partial charge in [0.2, 0.25) is 0 Å². The molecule has 1 atom stereocenters. The maximum atomic E-state index is 12.4. The number of aromatic hydroxyl groups is 1. The molecule has 0 saturated carbocycles. The first-order valence-corrected chi connectivity index (χ1v) is 7.68. The van der Waals surface area contributed by atoms with Crippen LogP contribution >= 0.6 is 0 Å². The van der Waals surface area contributed by atoms with Gasteiger partial charge in [-0.25, -0.2) is 0 Å². The molecule has 122 valence electrons. The fourth-order valence-electron chi connectivity index (χ4n) is 3.15. The van der Waals surface area contributed by atoms with E-state index in [2.05, 4.69) is 16.0 Å². The number of amides is 1. The van der Waals surface area contributed by atoms with E-state index in [0.29, 0.717) is 17.9 Å². The topological polar surface area (TPSA) is 82.6 Å². The molecule has 24 heavy (non-hydrogen) atoms. The lowest BCUT2D eigenvalue weighted by Gasteiger charge is -2.21. The maximum absolute atomic E-state index is 12.4. The molecule has 6 heteroatoms. The zero-order chi connectivity index (χ0) is 16.7. The monoisotopic (exact) mass is 323 g/mol. The third kappa shape index (κ3) is 2.23. The summed E-state index contributed by atoms with van der Waals surface area (Å²) in [6.45, 7) is 0.468. The summed E-state index contributed by atoms with van der Waals surface area (Å²) < 4.78 is 5.21. The van der Waals surface area contributed by atoms with Gasteiger partial charge >= 0.3 is 0 Å². The summed E-state index contributed by atoms with van der Waals surface area (Å²) in [6, 6.07) is 12.6. The number of ether oxygens (including phenoxy) is 1. The van der Waals surface area contributed by atoms with Crippen molar-refractivity contribution < 1.29 is 14.6 Å². The molecule has 6 nitrogen and oxygen atoms in total. The minimum atomic E-state index is -0.340. The number of carbonyl (C=O) groups is 1. The molecule has 0 bridgehead atoms. The average molecular weight is 323 g/mol. The van der Waals surface area contributed by atoms with Gasteiger partial charge in [0.25, 0.3) is 5.91 Å². The van der Waals surface area contributed by atoms with E-state index in [4.69, 9.17) is 4.74 Å². The van der Waals surface area contributed by atoms with Gasteiger partial charge in [-0.1, -0.05) is 18.2 Å². The third-order valence-electron chi connectivity index (χ3n) is 4.33. The number of anilines is 2. The summed E-state index contributed by atoms with van der Waals surface area (Å²) in [5.74, 6) is 0.341. The first-order valence-electron chi connectivity index (χ1n) is 7.68. The van der Waals surface area contributed by atoms with Crippen LogP contribution in [0.4, 0.5) is 11.4 Å². The Morgan fingerprint density at radius 1 is 1.17 bits per heavy atom. The molecule has 0 unspecified atom stereocenters. The number of phenols is 1. The Hall–Kier alpha value is -3.15. The number of fused-ring (bicyclic) bond motifs is 1.